The fourth-order valence-electron chi connectivity index (χ4n) is 3.33. The average molecular weight is 385 g/mol. The van der Waals surface area contributed by atoms with Gasteiger partial charge in [0.1, 0.15) is 6.54 Å². The molecule has 29 heavy (non-hydrogen) atoms. The van der Waals surface area contributed by atoms with Gasteiger partial charge in [0.05, 0.1) is 11.0 Å². The monoisotopic (exact) mass is 385 g/mol. The topological polar surface area (TPSA) is 80.2 Å². The molecule has 0 atom stereocenters. The number of carbonyl (C=O) groups is 2. The minimum Gasteiger partial charge on any atom is -0.331 e. The number of nitrogens with zero attached hydrogens (tertiary/aromatic N) is 1. The van der Waals surface area contributed by atoms with E-state index in [0.29, 0.717) is 27.4 Å². The molecule has 0 saturated heterocycles. The maximum Gasteiger partial charge on any atom is 0.269 e. The summed E-state index contributed by atoms with van der Waals surface area (Å²) < 4.78 is 1.78. The summed E-state index contributed by atoms with van der Waals surface area (Å²) in [7, 11) is 0. The van der Waals surface area contributed by atoms with E-state index in [1.165, 1.54) is 0 Å². The molecule has 1 aromatic heterocycles. The zero-order valence-electron chi connectivity index (χ0n) is 15.8. The molecular formula is C23H19N3O3. The predicted octanol–water partition coefficient (Wildman–Crippen LogP) is 2.92. The van der Waals surface area contributed by atoms with E-state index in [-0.39, 0.29) is 12.0 Å². The third-order valence-corrected chi connectivity index (χ3v) is 4.81. The first kappa shape index (κ1) is 18.4. The summed E-state index contributed by atoms with van der Waals surface area (Å²) in [5.74, 6) is -0.794. The molecule has 0 saturated carbocycles. The lowest BCUT2D eigenvalue weighted by atomic mass is 10.1. The quantitative estimate of drug-likeness (QED) is 0.420. The molecule has 0 unspecified atom stereocenters. The van der Waals surface area contributed by atoms with Gasteiger partial charge < -0.3 is 4.57 Å². The Hall–Kier alpha value is -3.93. The molecule has 6 heteroatoms. The van der Waals surface area contributed by atoms with Gasteiger partial charge in [-0.15, -0.1) is 0 Å². The second-order valence-electron chi connectivity index (χ2n) is 6.82. The Bertz CT molecular complexity index is 1230. The number of benzene rings is 3. The maximum atomic E-state index is 12.8. The molecule has 4 aromatic rings. The van der Waals surface area contributed by atoms with E-state index in [1.807, 2.05) is 31.2 Å². The van der Waals surface area contributed by atoms with E-state index in [4.69, 9.17) is 0 Å². The van der Waals surface area contributed by atoms with Crippen LogP contribution in [0.25, 0.3) is 21.8 Å². The second-order valence-corrected chi connectivity index (χ2v) is 6.82. The van der Waals surface area contributed by atoms with Gasteiger partial charge in [0, 0.05) is 16.3 Å². The second kappa shape index (κ2) is 7.59. The first-order chi connectivity index (χ1) is 14.0. The molecule has 6 nitrogen and oxygen atoms in total. The number of aromatic nitrogens is 1. The Kier molecular flexibility index (Phi) is 4.83. The molecule has 1 heterocycles. The number of hydrogen-bond acceptors (Lipinski definition) is 3. The highest BCUT2D eigenvalue weighted by Gasteiger charge is 2.13. The van der Waals surface area contributed by atoms with Gasteiger partial charge in [-0.3, -0.25) is 25.2 Å². The molecular weight excluding hydrogens is 366 g/mol. The number of rotatable bonds is 3. The zero-order valence-corrected chi connectivity index (χ0v) is 15.8. The van der Waals surface area contributed by atoms with Crippen molar-refractivity contribution >= 4 is 33.6 Å². The molecule has 0 radical (unpaired) electrons. The van der Waals surface area contributed by atoms with Crippen LogP contribution in [0.1, 0.15) is 15.9 Å². The van der Waals surface area contributed by atoms with Gasteiger partial charge in [-0.1, -0.05) is 42.0 Å². The minimum atomic E-state index is -0.399. The van der Waals surface area contributed by atoms with Crippen molar-refractivity contribution in [1.29, 1.82) is 0 Å². The van der Waals surface area contributed by atoms with Crippen molar-refractivity contribution < 1.29 is 9.59 Å². The Labute approximate surface area is 166 Å². The summed E-state index contributed by atoms with van der Waals surface area (Å²) in [5, 5.41) is 1.09. The van der Waals surface area contributed by atoms with Gasteiger partial charge in [-0.25, -0.2) is 0 Å². The van der Waals surface area contributed by atoms with Crippen LogP contribution < -0.4 is 16.3 Å². The van der Waals surface area contributed by atoms with E-state index in [1.54, 1.807) is 53.1 Å². The Morgan fingerprint density at radius 3 is 1.93 bits per heavy atom. The highest BCUT2D eigenvalue weighted by atomic mass is 16.2. The molecule has 4 rings (SSSR count). The lowest BCUT2D eigenvalue weighted by molar-refractivity contribution is -0.122. The van der Waals surface area contributed by atoms with Crippen LogP contribution in [0.3, 0.4) is 0 Å². The summed E-state index contributed by atoms with van der Waals surface area (Å²) >= 11 is 0. The Morgan fingerprint density at radius 1 is 0.793 bits per heavy atom. The smallest absolute Gasteiger partial charge is 0.269 e. The lowest BCUT2D eigenvalue weighted by Crippen LogP contribution is -2.43. The third-order valence-electron chi connectivity index (χ3n) is 4.81. The maximum absolute atomic E-state index is 12.8. The van der Waals surface area contributed by atoms with Gasteiger partial charge >= 0.3 is 0 Å². The van der Waals surface area contributed by atoms with Crippen molar-refractivity contribution in [3.8, 4) is 0 Å². The molecule has 3 aromatic carbocycles. The van der Waals surface area contributed by atoms with Gasteiger partial charge in [0.15, 0.2) is 5.43 Å². The summed E-state index contributed by atoms with van der Waals surface area (Å²) in [5.41, 5.74) is 7.64. The van der Waals surface area contributed by atoms with E-state index in [9.17, 15) is 14.4 Å². The first-order valence-electron chi connectivity index (χ1n) is 9.21. The van der Waals surface area contributed by atoms with Crippen LogP contribution in [0.15, 0.2) is 77.6 Å². The predicted molar refractivity (Wildman–Crippen MR) is 113 cm³/mol. The highest BCUT2D eigenvalue weighted by molar-refractivity contribution is 5.97. The Balaban J connectivity index is 1.61. The van der Waals surface area contributed by atoms with Gasteiger partial charge in [-0.2, -0.15) is 0 Å². The number of pyridine rings is 1. The van der Waals surface area contributed by atoms with Crippen LogP contribution >= 0.6 is 0 Å². The van der Waals surface area contributed by atoms with Crippen molar-refractivity contribution in [2.24, 2.45) is 0 Å². The van der Waals surface area contributed by atoms with Crippen LogP contribution in [0.5, 0.6) is 0 Å². The number of aryl methyl sites for hydroxylation is 1. The minimum absolute atomic E-state index is 0.0461. The van der Waals surface area contributed by atoms with Gasteiger partial charge in [-0.05, 0) is 43.3 Å². The number of nitrogens with one attached hydrogen (secondary N) is 2. The number of carbonyl (C=O) groups excluding carboxylic acids is 2. The number of amides is 2. The van der Waals surface area contributed by atoms with Crippen LogP contribution in [0.4, 0.5) is 0 Å². The summed E-state index contributed by atoms with van der Waals surface area (Å²) in [6, 6.07) is 21.4. The van der Waals surface area contributed by atoms with Crippen LogP contribution in [-0.2, 0) is 11.3 Å². The Morgan fingerprint density at radius 2 is 1.34 bits per heavy atom. The molecule has 0 aliphatic heterocycles. The van der Waals surface area contributed by atoms with Crippen molar-refractivity contribution in [1.82, 2.24) is 15.4 Å². The average Bonchev–Trinajstić information content (AvgIpc) is 2.75. The summed E-state index contributed by atoms with van der Waals surface area (Å²) in [6.45, 7) is 1.89. The molecule has 144 valence electrons. The number of hydrogen-bond donors (Lipinski definition) is 2. The molecule has 0 spiro atoms. The number of fused-ring (bicyclic) bond motifs is 2. The largest absolute Gasteiger partial charge is 0.331 e. The molecule has 0 aliphatic carbocycles. The van der Waals surface area contributed by atoms with Crippen LogP contribution in [-0.4, -0.2) is 16.4 Å². The van der Waals surface area contributed by atoms with Crippen molar-refractivity contribution in [2.45, 2.75) is 13.5 Å². The standard InChI is InChI=1S/C23H19N3O3/c1-15-10-12-16(13-11-15)23(29)25-24-21(27)14-26-19-8-4-2-6-17(19)22(28)18-7-3-5-9-20(18)26/h2-13H,14H2,1H3,(H,24,27)(H,25,29). The molecule has 2 amide bonds. The zero-order chi connectivity index (χ0) is 20.4. The van der Waals surface area contributed by atoms with Crippen molar-refractivity contribution in [3.05, 3.63) is 94.1 Å². The van der Waals surface area contributed by atoms with Gasteiger partial charge in [0.25, 0.3) is 11.8 Å². The van der Waals surface area contributed by atoms with Gasteiger partial charge in [0.2, 0.25) is 0 Å². The number of para-hydroxylation sites is 2. The number of hydrazine groups is 1. The fourth-order valence-corrected chi connectivity index (χ4v) is 3.33. The fraction of sp³-hybridized carbons (Fsp3) is 0.0870. The van der Waals surface area contributed by atoms with Crippen LogP contribution in [0.2, 0.25) is 0 Å². The molecule has 0 fully saturated rings. The highest BCUT2D eigenvalue weighted by Crippen LogP contribution is 2.18. The first-order valence-corrected chi connectivity index (χ1v) is 9.21. The van der Waals surface area contributed by atoms with E-state index >= 15 is 0 Å². The molecule has 0 aliphatic rings. The van der Waals surface area contributed by atoms with Crippen molar-refractivity contribution in [2.75, 3.05) is 0 Å². The lowest BCUT2D eigenvalue weighted by Gasteiger charge is -2.15. The van der Waals surface area contributed by atoms with Crippen LogP contribution in [0, 0.1) is 6.92 Å². The van der Waals surface area contributed by atoms with E-state index in [2.05, 4.69) is 10.9 Å². The molecule has 0 bridgehead atoms. The molecule has 2 N–H and O–H groups in total. The SMILES string of the molecule is Cc1ccc(C(=O)NNC(=O)Cn2c3ccccc3c(=O)c3ccccc32)cc1. The summed E-state index contributed by atoms with van der Waals surface area (Å²) in [6.07, 6.45) is 0. The third kappa shape index (κ3) is 3.60. The van der Waals surface area contributed by atoms with Crippen molar-refractivity contribution in [3.63, 3.8) is 0 Å². The van der Waals surface area contributed by atoms with E-state index < -0.39 is 11.8 Å². The van der Waals surface area contributed by atoms with E-state index in [0.717, 1.165) is 5.56 Å². The normalized spacial score (nSPS) is 10.8. The summed E-state index contributed by atoms with van der Waals surface area (Å²) in [4.78, 5) is 37.5.